The lowest BCUT2D eigenvalue weighted by molar-refractivity contribution is 0.174. The molecule has 3 heteroatoms. The summed E-state index contributed by atoms with van der Waals surface area (Å²) in [6, 6.07) is 4.07. The third kappa shape index (κ3) is 1.50. The van der Waals surface area contributed by atoms with Crippen LogP contribution in [-0.4, -0.2) is 13.8 Å². The van der Waals surface area contributed by atoms with Gasteiger partial charge >= 0.3 is 0 Å². The van der Waals surface area contributed by atoms with E-state index in [2.05, 4.69) is 18.3 Å². The monoisotopic (exact) mass is 193 g/mol. The van der Waals surface area contributed by atoms with Crippen molar-refractivity contribution in [1.29, 1.82) is 0 Å². The fourth-order valence-electron chi connectivity index (χ4n) is 1.69. The quantitative estimate of drug-likeness (QED) is 0.799. The highest BCUT2D eigenvalue weighted by molar-refractivity contribution is 5.61. The van der Waals surface area contributed by atoms with Gasteiger partial charge in [0.2, 0.25) is 6.79 Å². The zero-order chi connectivity index (χ0) is 9.97. The average molecular weight is 193 g/mol. The molecule has 14 heavy (non-hydrogen) atoms. The van der Waals surface area contributed by atoms with Crippen LogP contribution in [0.25, 0.3) is 0 Å². The summed E-state index contributed by atoms with van der Waals surface area (Å²) in [6.07, 6.45) is 2.20. The molecule has 1 N–H and O–H groups in total. The van der Waals surface area contributed by atoms with Crippen molar-refractivity contribution in [1.82, 2.24) is 0 Å². The summed E-state index contributed by atoms with van der Waals surface area (Å²) in [5.41, 5.74) is 2.43. The first-order valence-electron chi connectivity index (χ1n) is 4.95. The molecule has 1 aromatic rings. The molecule has 0 amide bonds. The SMILES string of the molecule is CCCc1cc2c(cc1NC)OCO2. The average Bonchev–Trinajstić information content (AvgIpc) is 2.64. The van der Waals surface area contributed by atoms with Crippen LogP contribution < -0.4 is 14.8 Å². The number of hydrogen-bond acceptors (Lipinski definition) is 3. The standard InChI is InChI=1S/C11H15NO2/c1-3-4-8-5-10-11(14-7-13-10)6-9(8)12-2/h5-6,12H,3-4,7H2,1-2H3. The zero-order valence-electron chi connectivity index (χ0n) is 8.59. The molecule has 1 aromatic carbocycles. The Morgan fingerprint density at radius 1 is 1.29 bits per heavy atom. The van der Waals surface area contributed by atoms with Crippen molar-refractivity contribution in [3.05, 3.63) is 17.7 Å². The minimum Gasteiger partial charge on any atom is -0.454 e. The van der Waals surface area contributed by atoms with Crippen LogP contribution in [0.4, 0.5) is 5.69 Å². The molecule has 0 radical (unpaired) electrons. The molecular formula is C11H15NO2. The van der Waals surface area contributed by atoms with Crippen LogP contribution in [0.3, 0.4) is 0 Å². The summed E-state index contributed by atoms with van der Waals surface area (Å²) < 4.78 is 10.6. The topological polar surface area (TPSA) is 30.5 Å². The van der Waals surface area contributed by atoms with E-state index in [1.807, 2.05) is 13.1 Å². The lowest BCUT2D eigenvalue weighted by Crippen LogP contribution is -1.95. The van der Waals surface area contributed by atoms with Crippen LogP contribution in [0.1, 0.15) is 18.9 Å². The minimum atomic E-state index is 0.341. The number of rotatable bonds is 3. The van der Waals surface area contributed by atoms with Gasteiger partial charge in [-0.3, -0.25) is 0 Å². The molecule has 0 bridgehead atoms. The highest BCUT2D eigenvalue weighted by Gasteiger charge is 2.16. The summed E-state index contributed by atoms with van der Waals surface area (Å²) in [6.45, 7) is 2.51. The molecule has 3 nitrogen and oxygen atoms in total. The van der Waals surface area contributed by atoms with E-state index in [1.165, 1.54) is 5.56 Å². The van der Waals surface area contributed by atoms with Crippen LogP contribution in [0.5, 0.6) is 11.5 Å². The second-order valence-electron chi connectivity index (χ2n) is 3.36. The fraction of sp³-hybridized carbons (Fsp3) is 0.455. The first-order valence-corrected chi connectivity index (χ1v) is 4.95. The Morgan fingerprint density at radius 3 is 2.64 bits per heavy atom. The van der Waals surface area contributed by atoms with E-state index in [9.17, 15) is 0 Å². The van der Waals surface area contributed by atoms with Crippen LogP contribution in [0.15, 0.2) is 12.1 Å². The predicted molar refractivity (Wildman–Crippen MR) is 56.1 cm³/mol. The molecule has 0 spiro atoms. The number of nitrogens with one attached hydrogen (secondary N) is 1. The number of anilines is 1. The summed E-state index contributed by atoms with van der Waals surface area (Å²) in [4.78, 5) is 0. The first kappa shape index (κ1) is 9.19. The molecule has 76 valence electrons. The molecule has 1 aliphatic heterocycles. The van der Waals surface area contributed by atoms with Gasteiger partial charge in [-0.25, -0.2) is 0 Å². The Balaban J connectivity index is 2.38. The third-order valence-corrected chi connectivity index (χ3v) is 2.39. The number of ether oxygens (including phenoxy) is 2. The van der Waals surface area contributed by atoms with Crippen molar-refractivity contribution in [2.24, 2.45) is 0 Å². The second-order valence-corrected chi connectivity index (χ2v) is 3.36. The Labute approximate surface area is 84.0 Å². The maximum Gasteiger partial charge on any atom is 0.231 e. The predicted octanol–water partition coefficient (Wildman–Crippen LogP) is 2.41. The second kappa shape index (κ2) is 3.78. The summed E-state index contributed by atoms with van der Waals surface area (Å²) in [5.74, 6) is 1.71. The zero-order valence-corrected chi connectivity index (χ0v) is 8.59. The molecule has 0 saturated heterocycles. The van der Waals surface area contributed by atoms with E-state index >= 15 is 0 Å². The molecule has 2 rings (SSSR count). The highest BCUT2D eigenvalue weighted by Crippen LogP contribution is 2.37. The van der Waals surface area contributed by atoms with Crippen molar-refractivity contribution < 1.29 is 9.47 Å². The lowest BCUT2D eigenvalue weighted by atomic mass is 10.1. The highest BCUT2D eigenvalue weighted by atomic mass is 16.7. The van der Waals surface area contributed by atoms with Gasteiger partial charge in [-0.05, 0) is 18.1 Å². The van der Waals surface area contributed by atoms with Crippen LogP contribution in [0, 0.1) is 0 Å². The number of fused-ring (bicyclic) bond motifs is 1. The van der Waals surface area contributed by atoms with Crippen LogP contribution >= 0.6 is 0 Å². The van der Waals surface area contributed by atoms with E-state index < -0.39 is 0 Å². The van der Waals surface area contributed by atoms with Gasteiger partial charge in [0.15, 0.2) is 11.5 Å². The van der Waals surface area contributed by atoms with E-state index in [-0.39, 0.29) is 0 Å². The van der Waals surface area contributed by atoms with Crippen molar-refractivity contribution in [2.75, 3.05) is 19.2 Å². The van der Waals surface area contributed by atoms with Crippen molar-refractivity contribution in [3.63, 3.8) is 0 Å². The molecule has 0 aromatic heterocycles. The fourth-order valence-corrected chi connectivity index (χ4v) is 1.69. The first-order chi connectivity index (χ1) is 6.85. The van der Waals surface area contributed by atoms with Gasteiger partial charge in [-0.1, -0.05) is 13.3 Å². The lowest BCUT2D eigenvalue weighted by Gasteiger charge is -2.09. The molecular weight excluding hydrogens is 178 g/mol. The molecule has 0 atom stereocenters. The van der Waals surface area contributed by atoms with E-state index in [1.54, 1.807) is 0 Å². The molecule has 0 fully saturated rings. The van der Waals surface area contributed by atoms with Gasteiger partial charge in [0.25, 0.3) is 0 Å². The van der Waals surface area contributed by atoms with Gasteiger partial charge in [-0.15, -0.1) is 0 Å². The maximum absolute atomic E-state index is 5.33. The third-order valence-electron chi connectivity index (χ3n) is 2.39. The summed E-state index contributed by atoms with van der Waals surface area (Å²) in [5, 5.41) is 3.17. The molecule has 0 aliphatic carbocycles. The molecule has 0 unspecified atom stereocenters. The van der Waals surface area contributed by atoms with Crippen molar-refractivity contribution in [3.8, 4) is 11.5 Å². The van der Waals surface area contributed by atoms with Crippen LogP contribution in [0.2, 0.25) is 0 Å². The molecule has 0 saturated carbocycles. The minimum absolute atomic E-state index is 0.341. The number of aryl methyl sites for hydroxylation is 1. The van der Waals surface area contributed by atoms with Gasteiger partial charge in [-0.2, -0.15) is 0 Å². The number of benzene rings is 1. The Kier molecular flexibility index (Phi) is 2.48. The largest absolute Gasteiger partial charge is 0.454 e. The smallest absolute Gasteiger partial charge is 0.231 e. The van der Waals surface area contributed by atoms with Crippen LogP contribution in [-0.2, 0) is 6.42 Å². The normalized spacial score (nSPS) is 13.0. The van der Waals surface area contributed by atoms with E-state index in [4.69, 9.17) is 9.47 Å². The molecule has 1 heterocycles. The maximum atomic E-state index is 5.33. The van der Waals surface area contributed by atoms with E-state index in [0.717, 1.165) is 30.0 Å². The van der Waals surface area contributed by atoms with Crippen molar-refractivity contribution in [2.45, 2.75) is 19.8 Å². The summed E-state index contributed by atoms with van der Waals surface area (Å²) in [7, 11) is 1.93. The Morgan fingerprint density at radius 2 is 2.00 bits per heavy atom. The van der Waals surface area contributed by atoms with Crippen molar-refractivity contribution >= 4 is 5.69 Å². The molecule has 1 aliphatic rings. The summed E-state index contributed by atoms with van der Waals surface area (Å²) >= 11 is 0. The van der Waals surface area contributed by atoms with Gasteiger partial charge in [0.1, 0.15) is 0 Å². The van der Waals surface area contributed by atoms with Gasteiger partial charge < -0.3 is 14.8 Å². The van der Waals surface area contributed by atoms with Gasteiger partial charge in [0, 0.05) is 18.8 Å². The Hall–Kier alpha value is -1.38. The Bertz CT molecular complexity index is 336. The van der Waals surface area contributed by atoms with Gasteiger partial charge in [0.05, 0.1) is 0 Å². The van der Waals surface area contributed by atoms with E-state index in [0.29, 0.717) is 6.79 Å². The number of hydrogen-bond donors (Lipinski definition) is 1.